The fraction of sp³-hybridized carbons (Fsp3) is 0.421. The molecule has 2 N–H and O–H groups in total. The fourth-order valence-electron chi connectivity index (χ4n) is 3.11. The van der Waals surface area contributed by atoms with Crippen LogP contribution in [0.25, 0.3) is 11.2 Å². The highest BCUT2D eigenvalue weighted by atomic mass is 35.5. The Morgan fingerprint density at radius 2 is 1.97 bits per heavy atom. The zero-order valence-corrected chi connectivity index (χ0v) is 17.8. The molecule has 3 aromatic rings. The van der Waals surface area contributed by atoms with Crippen molar-refractivity contribution in [2.75, 3.05) is 38.8 Å². The van der Waals surface area contributed by atoms with Crippen LogP contribution in [-0.2, 0) is 25.4 Å². The van der Waals surface area contributed by atoms with E-state index in [0.29, 0.717) is 29.9 Å². The maximum absolute atomic E-state index is 12.9. The number of aliphatic hydroxyl groups is 1. The minimum absolute atomic E-state index is 0.0645. The predicted molar refractivity (Wildman–Crippen MR) is 114 cm³/mol. The number of aryl methyl sites for hydroxylation is 1. The molecule has 0 atom stereocenters. The Labute approximate surface area is 177 Å². The highest BCUT2D eigenvalue weighted by molar-refractivity contribution is 6.31. The quantitative estimate of drug-likeness (QED) is 0.470. The van der Waals surface area contributed by atoms with Crippen molar-refractivity contribution in [3.8, 4) is 5.75 Å². The summed E-state index contributed by atoms with van der Waals surface area (Å²) in [5.41, 5.74) is 0.350. The normalized spacial score (nSPS) is 11.2. The highest BCUT2D eigenvalue weighted by Gasteiger charge is 2.20. The first kappa shape index (κ1) is 21.9. The number of aromatic nitrogens is 4. The molecular weight excluding hydrogens is 414 g/mol. The Morgan fingerprint density at radius 3 is 2.67 bits per heavy atom. The molecule has 2 aromatic heterocycles. The number of benzene rings is 1. The van der Waals surface area contributed by atoms with Crippen LogP contribution in [0.15, 0.2) is 27.8 Å². The smallest absolute Gasteiger partial charge is 0.332 e. The van der Waals surface area contributed by atoms with Gasteiger partial charge in [0, 0.05) is 25.7 Å². The van der Waals surface area contributed by atoms with Crippen molar-refractivity contribution in [1.29, 1.82) is 0 Å². The molecule has 162 valence electrons. The molecule has 30 heavy (non-hydrogen) atoms. The average molecular weight is 438 g/mol. The number of imidazole rings is 1. The summed E-state index contributed by atoms with van der Waals surface area (Å²) < 4.78 is 14.6. The van der Waals surface area contributed by atoms with Gasteiger partial charge in [0.05, 0.1) is 33.5 Å². The summed E-state index contributed by atoms with van der Waals surface area (Å²) in [6.07, 6.45) is 0. The number of hydrogen-bond acceptors (Lipinski definition) is 7. The summed E-state index contributed by atoms with van der Waals surface area (Å²) in [6, 6.07) is 5.26. The number of nitrogens with zero attached hydrogens (tertiary/aromatic N) is 4. The summed E-state index contributed by atoms with van der Waals surface area (Å²) in [7, 11) is 4.55. The van der Waals surface area contributed by atoms with Gasteiger partial charge in [-0.25, -0.2) is 4.79 Å². The van der Waals surface area contributed by atoms with Crippen molar-refractivity contribution in [2.45, 2.75) is 6.54 Å². The van der Waals surface area contributed by atoms with E-state index in [-0.39, 0.29) is 30.9 Å². The van der Waals surface area contributed by atoms with Crippen LogP contribution in [0.5, 0.6) is 5.75 Å². The lowest BCUT2D eigenvalue weighted by Gasteiger charge is -2.13. The topological polar surface area (TPSA) is 113 Å². The number of ether oxygens (including phenoxy) is 2. The van der Waals surface area contributed by atoms with Gasteiger partial charge in [-0.2, -0.15) is 4.98 Å². The van der Waals surface area contributed by atoms with Gasteiger partial charge in [0.2, 0.25) is 5.95 Å². The molecule has 0 fully saturated rings. The lowest BCUT2D eigenvalue weighted by atomic mass is 10.2. The number of methoxy groups -OCH3 is 1. The summed E-state index contributed by atoms with van der Waals surface area (Å²) in [5.74, 6) is 1.03. The monoisotopic (exact) mass is 437 g/mol. The molecule has 0 radical (unpaired) electrons. The van der Waals surface area contributed by atoms with Gasteiger partial charge in [0.25, 0.3) is 5.56 Å². The van der Waals surface area contributed by atoms with Crippen molar-refractivity contribution in [1.82, 2.24) is 18.7 Å². The molecule has 0 saturated heterocycles. The van der Waals surface area contributed by atoms with Gasteiger partial charge in [-0.05, 0) is 23.8 Å². The second kappa shape index (κ2) is 9.33. The van der Waals surface area contributed by atoms with Crippen molar-refractivity contribution in [3.63, 3.8) is 0 Å². The summed E-state index contributed by atoms with van der Waals surface area (Å²) in [6.45, 7) is 1.13. The van der Waals surface area contributed by atoms with E-state index in [9.17, 15) is 9.59 Å². The van der Waals surface area contributed by atoms with E-state index in [1.807, 2.05) is 0 Å². The highest BCUT2D eigenvalue weighted by Crippen LogP contribution is 2.25. The Balaban J connectivity index is 2.10. The van der Waals surface area contributed by atoms with Crippen molar-refractivity contribution in [2.24, 2.45) is 14.1 Å². The number of fused-ring (bicyclic) bond motifs is 1. The Kier molecular flexibility index (Phi) is 6.80. The van der Waals surface area contributed by atoms with E-state index < -0.39 is 11.2 Å². The van der Waals surface area contributed by atoms with Crippen LogP contribution in [0.4, 0.5) is 5.95 Å². The molecule has 2 heterocycles. The predicted octanol–water partition coefficient (Wildman–Crippen LogP) is 0.565. The first-order valence-electron chi connectivity index (χ1n) is 9.30. The van der Waals surface area contributed by atoms with Gasteiger partial charge < -0.3 is 19.9 Å². The van der Waals surface area contributed by atoms with Crippen molar-refractivity contribution >= 4 is 28.7 Å². The van der Waals surface area contributed by atoms with Crippen LogP contribution in [0.2, 0.25) is 5.02 Å². The lowest BCUT2D eigenvalue weighted by Crippen LogP contribution is -2.37. The van der Waals surface area contributed by atoms with Gasteiger partial charge in [-0.15, -0.1) is 0 Å². The van der Waals surface area contributed by atoms with E-state index in [0.717, 1.165) is 10.1 Å². The molecule has 0 aliphatic heterocycles. The van der Waals surface area contributed by atoms with E-state index >= 15 is 0 Å². The molecule has 0 aliphatic rings. The molecule has 0 saturated carbocycles. The molecule has 0 aliphatic carbocycles. The first-order chi connectivity index (χ1) is 14.4. The van der Waals surface area contributed by atoms with Crippen LogP contribution >= 0.6 is 11.6 Å². The largest absolute Gasteiger partial charge is 0.497 e. The van der Waals surface area contributed by atoms with E-state index in [1.54, 1.807) is 36.9 Å². The van der Waals surface area contributed by atoms with Crippen molar-refractivity contribution < 1.29 is 14.6 Å². The number of anilines is 1. The molecule has 10 nitrogen and oxygen atoms in total. The van der Waals surface area contributed by atoms with Crippen LogP contribution in [0.3, 0.4) is 0 Å². The maximum atomic E-state index is 12.9. The third kappa shape index (κ3) is 4.20. The van der Waals surface area contributed by atoms with E-state index in [1.165, 1.54) is 11.6 Å². The second-order valence-electron chi connectivity index (χ2n) is 6.62. The van der Waals surface area contributed by atoms with Gasteiger partial charge in [0.1, 0.15) is 5.75 Å². The molecule has 0 unspecified atom stereocenters. The lowest BCUT2D eigenvalue weighted by molar-refractivity contribution is 0.0991. The molecule has 0 amide bonds. The molecule has 11 heteroatoms. The SMILES string of the molecule is COc1ccc(Cl)c(Cn2c(NCCOCCO)nc3c2c(=O)n(C)c(=O)n3C)c1. The number of rotatable bonds is 9. The summed E-state index contributed by atoms with van der Waals surface area (Å²) in [5, 5.41) is 12.5. The minimum atomic E-state index is -0.464. The molecule has 0 spiro atoms. The standard InChI is InChI=1S/C19H24ClN5O5/c1-23-16-15(17(27)24(2)19(23)28)25(18(22-16)21-6-8-30-9-7-26)11-12-10-13(29-3)4-5-14(12)20/h4-5,10,26H,6-9,11H2,1-3H3,(H,21,22). The molecule has 1 aromatic carbocycles. The van der Waals surface area contributed by atoms with Crippen LogP contribution < -0.4 is 21.3 Å². The van der Waals surface area contributed by atoms with Crippen LogP contribution in [0, 0.1) is 0 Å². The van der Waals surface area contributed by atoms with Gasteiger partial charge >= 0.3 is 5.69 Å². The number of nitrogens with one attached hydrogen (secondary N) is 1. The third-order valence-electron chi connectivity index (χ3n) is 4.69. The molecule has 0 bridgehead atoms. The maximum Gasteiger partial charge on any atom is 0.332 e. The van der Waals surface area contributed by atoms with Gasteiger partial charge in [-0.3, -0.25) is 18.5 Å². The van der Waals surface area contributed by atoms with Crippen LogP contribution in [-0.4, -0.2) is 57.3 Å². The van der Waals surface area contributed by atoms with Gasteiger partial charge in [0.15, 0.2) is 11.2 Å². The number of halogens is 1. The number of hydrogen-bond donors (Lipinski definition) is 2. The Hall–Kier alpha value is -2.82. The fourth-order valence-corrected chi connectivity index (χ4v) is 3.28. The van der Waals surface area contributed by atoms with Crippen molar-refractivity contribution in [3.05, 3.63) is 49.6 Å². The third-order valence-corrected chi connectivity index (χ3v) is 5.06. The average Bonchev–Trinajstić information content (AvgIpc) is 3.10. The van der Waals surface area contributed by atoms with E-state index in [4.69, 9.17) is 26.2 Å². The summed E-state index contributed by atoms with van der Waals surface area (Å²) in [4.78, 5) is 29.7. The Bertz CT molecular complexity index is 1170. The first-order valence-corrected chi connectivity index (χ1v) is 9.68. The zero-order valence-electron chi connectivity index (χ0n) is 17.0. The van der Waals surface area contributed by atoms with Crippen LogP contribution in [0.1, 0.15) is 5.56 Å². The van der Waals surface area contributed by atoms with Gasteiger partial charge in [-0.1, -0.05) is 11.6 Å². The Morgan fingerprint density at radius 1 is 1.20 bits per heavy atom. The number of aliphatic hydroxyl groups excluding tert-OH is 1. The summed E-state index contributed by atoms with van der Waals surface area (Å²) >= 11 is 6.37. The zero-order chi connectivity index (χ0) is 21.8. The molecule has 3 rings (SSSR count). The van der Waals surface area contributed by atoms with E-state index in [2.05, 4.69) is 10.3 Å². The molecular formula is C19H24ClN5O5. The second-order valence-corrected chi connectivity index (χ2v) is 7.03. The minimum Gasteiger partial charge on any atom is -0.497 e.